The maximum Gasteiger partial charge on any atom is 0.111 e. The molecule has 0 aliphatic carbocycles. The first-order valence-corrected chi connectivity index (χ1v) is 8.54. The lowest BCUT2D eigenvalue weighted by molar-refractivity contribution is 0.253. The van der Waals surface area contributed by atoms with Crippen LogP contribution in [0, 0.1) is 0 Å². The van der Waals surface area contributed by atoms with Crippen LogP contribution < -0.4 is 0 Å². The second-order valence-corrected chi connectivity index (χ2v) is 7.22. The van der Waals surface area contributed by atoms with Crippen molar-refractivity contribution in [3.63, 3.8) is 0 Å². The number of aromatic nitrogens is 1. The van der Waals surface area contributed by atoms with Crippen LogP contribution in [-0.4, -0.2) is 16.9 Å². The number of halogens is 1. The molecule has 0 aliphatic rings. The van der Waals surface area contributed by atoms with Gasteiger partial charge in [-0.1, -0.05) is 40.2 Å². The number of para-hydroxylation sites is 1. The molecule has 3 rings (SSSR count). The van der Waals surface area contributed by atoms with E-state index in [0.717, 1.165) is 16.5 Å². The van der Waals surface area contributed by atoms with Crippen molar-refractivity contribution in [2.75, 3.05) is 7.05 Å². The van der Waals surface area contributed by atoms with E-state index < -0.39 is 0 Å². The van der Waals surface area contributed by atoms with Gasteiger partial charge in [-0.05, 0) is 43.8 Å². The fraction of sp³-hybridized carbons (Fsp3) is 0.235. The van der Waals surface area contributed by atoms with Gasteiger partial charge in [0.2, 0.25) is 0 Å². The molecule has 4 heteroatoms. The van der Waals surface area contributed by atoms with Crippen LogP contribution >= 0.6 is 27.3 Å². The number of rotatable bonds is 4. The minimum Gasteiger partial charge on any atom is -0.293 e. The standard InChI is InChI=1S/C17H17BrN2S/c1-12(17-19-15-5-3-4-6-16(15)21-17)20(2)11-13-7-9-14(18)10-8-13/h3-10,12H,11H2,1-2H3/t12-/m1/s1. The molecule has 2 nitrogen and oxygen atoms in total. The highest BCUT2D eigenvalue weighted by Crippen LogP contribution is 2.29. The van der Waals surface area contributed by atoms with E-state index in [1.165, 1.54) is 15.3 Å². The Bertz CT molecular complexity index is 703. The molecular formula is C17H17BrN2S. The van der Waals surface area contributed by atoms with Crippen LogP contribution in [0.5, 0.6) is 0 Å². The van der Waals surface area contributed by atoms with Gasteiger partial charge in [0, 0.05) is 11.0 Å². The molecule has 0 unspecified atom stereocenters. The van der Waals surface area contributed by atoms with E-state index in [9.17, 15) is 0 Å². The summed E-state index contributed by atoms with van der Waals surface area (Å²) in [7, 11) is 2.15. The second kappa shape index (κ2) is 6.26. The molecule has 108 valence electrons. The minimum absolute atomic E-state index is 0.311. The fourth-order valence-electron chi connectivity index (χ4n) is 2.27. The van der Waals surface area contributed by atoms with Gasteiger partial charge in [-0.2, -0.15) is 0 Å². The summed E-state index contributed by atoms with van der Waals surface area (Å²) in [6, 6.07) is 17.1. The van der Waals surface area contributed by atoms with E-state index in [-0.39, 0.29) is 0 Å². The van der Waals surface area contributed by atoms with Crippen molar-refractivity contribution in [2.45, 2.75) is 19.5 Å². The number of hydrogen-bond donors (Lipinski definition) is 0. The molecule has 0 aliphatic heterocycles. The van der Waals surface area contributed by atoms with E-state index >= 15 is 0 Å². The zero-order valence-corrected chi connectivity index (χ0v) is 14.5. The predicted molar refractivity (Wildman–Crippen MR) is 93.6 cm³/mol. The van der Waals surface area contributed by atoms with Crippen molar-refractivity contribution in [1.82, 2.24) is 9.88 Å². The van der Waals surface area contributed by atoms with E-state index in [4.69, 9.17) is 4.98 Å². The molecule has 0 amide bonds. The number of thiazole rings is 1. The highest BCUT2D eigenvalue weighted by molar-refractivity contribution is 9.10. The van der Waals surface area contributed by atoms with Crippen LogP contribution in [0.2, 0.25) is 0 Å². The van der Waals surface area contributed by atoms with E-state index in [2.05, 4.69) is 77.3 Å². The number of benzene rings is 2. The molecule has 0 fully saturated rings. The van der Waals surface area contributed by atoms with E-state index in [0.29, 0.717) is 6.04 Å². The largest absolute Gasteiger partial charge is 0.293 e. The molecule has 0 saturated heterocycles. The van der Waals surface area contributed by atoms with Gasteiger partial charge in [0.1, 0.15) is 5.01 Å². The number of hydrogen-bond acceptors (Lipinski definition) is 3. The van der Waals surface area contributed by atoms with Crippen molar-refractivity contribution in [1.29, 1.82) is 0 Å². The zero-order chi connectivity index (χ0) is 14.8. The first-order chi connectivity index (χ1) is 10.1. The molecule has 0 N–H and O–H groups in total. The highest BCUT2D eigenvalue weighted by Gasteiger charge is 2.16. The lowest BCUT2D eigenvalue weighted by atomic mass is 10.2. The Morgan fingerprint density at radius 1 is 1.14 bits per heavy atom. The van der Waals surface area contributed by atoms with E-state index in [1.807, 2.05) is 6.07 Å². The van der Waals surface area contributed by atoms with Crippen LogP contribution in [0.15, 0.2) is 53.0 Å². The van der Waals surface area contributed by atoms with Gasteiger partial charge < -0.3 is 0 Å². The molecule has 0 bridgehead atoms. The van der Waals surface area contributed by atoms with Gasteiger partial charge in [-0.15, -0.1) is 11.3 Å². The Balaban J connectivity index is 1.77. The first-order valence-electron chi connectivity index (χ1n) is 6.93. The van der Waals surface area contributed by atoms with Crippen LogP contribution in [0.25, 0.3) is 10.2 Å². The Labute approximate surface area is 137 Å². The Morgan fingerprint density at radius 3 is 2.57 bits per heavy atom. The van der Waals surface area contributed by atoms with Gasteiger partial charge in [0.15, 0.2) is 0 Å². The predicted octanol–water partition coefficient (Wildman–Crippen LogP) is 5.25. The van der Waals surface area contributed by atoms with Gasteiger partial charge in [-0.25, -0.2) is 4.98 Å². The summed E-state index contributed by atoms with van der Waals surface area (Å²) in [5.74, 6) is 0. The zero-order valence-electron chi connectivity index (χ0n) is 12.1. The number of nitrogens with zero attached hydrogens (tertiary/aromatic N) is 2. The van der Waals surface area contributed by atoms with Gasteiger partial charge in [0.05, 0.1) is 16.3 Å². The van der Waals surface area contributed by atoms with Gasteiger partial charge >= 0.3 is 0 Å². The van der Waals surface area contributed by atoms with Crippen molar-refractivity contribution in [3.05, 3.63) is 63.6 Å². The van der Waals surface area contributed by atoms with Gasteiger partial charge in [0.25, 0.3) is 0 Å². The Kier molecular flexibility index (Phi) is 4.38. The van der Waals surface area contributed by atoms with E-state index in [1.54, 1.807) is 11.3 Å². The Morgan fingerprint density at radius 2 is 1.86 bits per heavy atom. The van der Waals surface area contributed by atoms with Crippen LogP contribution in [0.3, 0.4) is 0 Å². The molecule has 21 heavy (non-hydrogen) atoms. The quantitative estimate of drug-likeness (QED) is 0.631. The maximum atomic E-state index is 4.76. The van der Waals surface area contributed by atoms with Crippen molar-refractivity contribution >= 4 is 37.5 Å². The molecule has 2 aromatic carbocycles. The minimum atomic E-state index is 0.311. The van der Waals surface area contributed by atoms with Gasteiger partial charge in [-0.3, -0.25) is 4.90 Å². The lowest BCUT2D eigenvalue weighted by Gasteiger charge is -2.22. The normalized spacial score (nSPS) is 13.0. The average Bonchev–Trinajstić information content (AvgIpc) is 2.92. The van der Waals surface area contributed by atoms with Crippen molar-refractivity contribution < 1.29 is 0 Å². The summed E-state index contributed by atoms with van der Waals surface area (Å²) in [6.07, 6.45) is 0. The molecule has 1 heterocycles. The summed E-state index contributed by atoms with van der Waals surface area (Å²) in [6.45, 7) is 3.14. The third kappa shape index (κ3) is 3.34. The molecule has 0 spiro atoms. The summed E-state index contributed by atoms with van der Waals surface area (Å²) < 4.78 is 2.38. The lowest BCUT2D eigenvalue weighted by Crippen LogP contribution is -2.21. The second-order valence-electron chi connectivity index (χ2n) is 5.24. The molecular weight excluding hydrogens is 344 g/mol. The maximum absolute atomic E-state index is 4.76. The molecule has 0 saturated carbocycles. The number of fused-ring (bicyclic) bond motifs is 1. The summed E-state index contributed by atoms with van der Waals surface area (Å²) in [5.41, 5.74) is 2.41. The Hall–Kier alpha value is -1.23. The van der Waals surface area contributed by atoms with Crippen molar-refractivity contribution in [3.8, 4) is 0 Å². The molecule has 1 atom stereocenters. The molecule has 3 aromatic rings. The SMILES string of the molecule is C[C@H](c1nc2ccccc2s1)N(C)Cc1ccc(Br)cc1. The summed E-state index contributed by atoms with van der Waals surface area (Å²) >= 11 is 5.26. The van der Waals surface area contributed by atoms with Crippen LogP contribution in [0.1, 0.15) is 23.5 Å². The third-order valence-corrected chi connectivity index (χ3v) is 5.41. The van der Waals surface area contributed by atoms with Crippen LogP contribution in [-0.2, 0) is 6.54 Å². The fourth-order valence-corrected chi connectivity index (χ4v) is 3.62. The first kappa shape index (κ1) is 14.7. The summed E-state index contributed by atoms with van der Waals surface area (Å²) in [4.78, 5) is 7.09. The van der Waals surface area contributed by atoms with Crippen molar-refractivity contribution in [2.24, 2.45) is 0 Å². The molecule has 0 radical (unpaired) electrons. The molecule has 1 aromatic heterocycles. The topological polar surface area (TPSA) is 16.1 Å². The van der Waals surface area contributed by atoms with Crippen LogP contribution in [0.4, 0.5) is 0 Å². The summed E-state index contributed by atoms with van der Waals surface area (Å²) in [5, 5.41) is 1.18. The highest BCUT2D eigenvalue weighted by atomic mass is 79.9. The monoisotopic (exact) mass is 360 g/mol. The third-order valence-electron chi connectivity index (χ3n) is 3.67. The average molecular weight is 361 g/mol. The smallest absolute Gasteiger partial charge is 0.111 e.